The van der Waals surface area contributed by atoms with E-state index in [2.05, 4.69) is 6.92 Å². The van der Waals surface area contributed by atoms with E-state index in [9.17, 15) is 0 Å². The highest BCUT2D eigenvalue weighted by atomic mass is 13.0. The van der Waals surface area contributed by atoms with Gasteiger partial charge < -0.3 is 6.92 Å². The quantitative estimate of drug-likeness (QED) is 0.374. The third-order valence-electron chi connectivity index (χ3n) is 0. The molecule has 0 aromatic heterocycles. The molecule has 0 fully saturated rings. The maximum absolute atomic E-state index is 3.25. The van der Waals surface area contributed by atoms with Crippen molar-refractivity contribution in [3.8, 4) is 0 Å². The zero-order valence-electron chi connectivity index (χ0n) is 3.71. The van der Waals surface area contributed by atoms with Crippen LogP contribution < -0.4 is 0 Å². The molecule has 4 heavy (non-hydrogen) atoms. The van der Waals surface area contributed by atoms with E-state index in [1.54, 1.807) is 6.92 Å². The van der Waals surface area contributed by atoms with Gasteiger partial charge in [-0.25, -0.2) is 0 Å². The van der Waals surface area contributed by atoms with E-state index in [0.29, 0.717) is 0 Å². The highest BCUT2D eigenvalue weighted by Gasteiger charge is 0.932. The average Bonchev–Trinajstić information content (AvgIpc) is 1.50. The van der Waals surface area contributed by atoms with Gasteiger partial charge in [0.1, 0.15) is 0 Å². The van der Waals surface area contributed by atoms with Crippen LogP contribution in [0.3, 0.4) is 0 Å². The van der Waals surface area contributed by atoms with E-state index >= 15 is 0 Å². The fourth-order valence-corrected chi connectivity index (χ4v) is 0. The first kappa shape index (κ1) is 9.00. The largest absolute Gasteiger partial charge is 0.346 e. The van der Waals surface area contributed by atoms with Gasteiger partial charge in [-0.15, -0.1) is 0 Å². The standard InChI is InChI=1S/C2H6.C2H5/c2*1-2/h1-2H3;1H2,2H3/q;-1. The van der Waals surface area contributed by atoms with Gasteiger partial charge in [-0.1, -0.05) is 13.8 Å². The Morgan fingerprint density at radius 3 is 1.00 bits per heavy atom. The van der Waals surface area contributed by atoms with Gasteiger partial charge in [0.05, 0.1) is 0 Å². The predicted molar refractivity (Wildman–Crippen MR) is 22.4 cm³/mol. The van der Waals surface area contributed by atoms with Crippen LogP contribution in [0.25, 0.3) is 0 Å². The van der Waals surface area contributed by atoms with E-state index in [0.717, 1.165) is 0 Å². The smallest absolute Gasteiger partial charge is 0.0683 e. The zero-order chi connectivity index (χ0) is 4.00. The van der Waals surface area contributed by atoms with Crippen LogP contribution in [0.15, 0.2) is 0 Å². The minimum Gasteiger partial charge on any atom is -0.346 e. The molecule has 0 heterocycles. The molecule has 0 radical (unpaired) electrons. The number of rotatable bonds is 0. The molecule has 0 atom stereocenters. The van der Waals surface area contributed by atoms with Gasteiger partial charge in [-0.3, -0.25) is 0 Å². The Morgan fingerprint density at radius 2 is 1.00 bits per heavy atom. The first-order valence-electron chi connectivity index (χ1n) is 1.71. The minimum absolute atomic E-state index is 1.75. The Kier molecular flexibility index (Phi) is 0. The molecule has 0 aliphatic carbocycles. The minimum atomic E-state index is 1.75. The molecule has 0 unspecified atom stereocenters. The van der Waals surface area contributed by atoms with Gasteiger partial charge in [0, 0.05) is 0 Å². The number of hydrogen-bond donors (Lipinski definition) is 0. The van der Waals surface area contributed by atoms with Gasteiger partial charge in [0.15, 0.2) is 0 Å². The lowest BCUT2D eigenvalue weighted by Gasteiger charge is -1.27. The summed E-state index contributed by atoms with van der Waals surface area (Å²) in [5, 5.41) is 0. The van der Waals surface area contributed by atoms with Crippen LogP contribution in [0, 0.1) is 6.92 Å². The Balaban J connectivity index is 0. The summed E-state index contributed by atoms with van der Waals surface area (Å²) in [4.78, 5) is 0. The van der Waals surface area contributed by atoms with Crippen molar-refractivity contribution in [2.45, 2.75) is 20.8 Å². The highest BCUT2D eigenvalue weighted by Crippen LogP contribution is 1.14. The van der Waals surface area contributed by atoms with Gasteiger partial charge >= 0.3 is 0 Å². The lowest BCUT2D eigenvalue weighted by molar-refractivity contribution is 1.50. The molecule has 0 amide bonds. The maximum atomic E-state index is 3.25. The van der Waals surface area contributed by atoms with Crippen molar-refractivity contribution in [1.82, 2.24) is 0 Å². The van der Waals surface area contributed by atoms with Crippen LogP contribution in [0.1, 0.15) is 20.8 Å². The molecule has 0 aromatic carbocycles. The Labute approximate surface area is 28.8 Å². The van der Waals surface area contributed by atoms with Crippen molar-refractivity contribution in [1.29, 1.82) is 0 Å². The van der Waals surface area contributed by atoms with E-state index < -0.39 is 0 Å². The molecular formula is C4H11-. The summed E-state index contributed by atoms with van der Waals surface area (Å²) in [6, 6.07) is 0. The van der Waals surface area contributed by atoms with Crippen molar-refractivity contribution in [3.63, 3.8) is 0 Å². The predicted octanol–water partition coefficient (Wildman–Crippen LogP) is 1.87. The molecule has 0 bridgehead atoms. The van der Waals surface area contributed by atoms with Gasteiger partial charge in [0.2, 0.25) is 0 Å². The molecule has 0 aliphatic heterocycles. The molecule has 0 aromatic rings. The van der Waals surface area contributed by atoms with Gasteiger partial charge in [-0.05, 0) is 0 Å². The maximum Gasteiger partial charge on any atom is -0.0683 e. The average molecular weight is 59.1 g/mol. The third-order valence-corrected chi connectivity index (χ3v) is 0. The van der Waals surface area contributed by atoms with Crippen molar-refractivity contribution in [3.05, 3.63) is 6.92 Å². The molecular weight excluding hydrogens is 48.0 g/mol. The lowest BCUT2D eigenvalue weighted by Crippen LogP contribution is -0.888. The Hall–Kier alpha value is 0. The summed E-state index contributed by atoms with van der Waals surface area (Å²) in [6.07, 6.45) is 0. The molecule has 0 spiro atoms. The molecule has 0 heteroatoms. The van der Waals surface area contributed by atoms with Crippen LogP contribution in [-0.4, -0.2) is 0 Å². The van der Waals surface area contributed by atoms with Crippen LogP contribution in [0.2, 0.25) is 0 Å². The highest BCUT2D eigenvalue weighted by molar-refractivity contribution is 3.94. The summed E-state index contributed by atoms with van der Waals surface area (Å²) in [7, 11) is 0. The van der Waals surface area contributed by atoms with E-state index in [4.69, 9.17) is 0 Å². The van der Waals surface area contributed by atoms with Crippen molar-refractivity contribution < 1.29 is 0 Å². The SMILES string of the molecule is CC.[CH2-]C. The monoisotopic (exact) mass is 59.1 g/mol. The molecule has 0 saturated heterocycles. The van der Waals surface area contributed by atoms with Crippen LogP contribution in [0.4, 0.5) is 0 Å². The fraction of sp³-hybridized carbons (Fsp3) is 0.750. The topological polar surface area (TPSA) is 0 Å². The normalized spacial score (nSPS) is 3.00. The van der Waals surface area contributed by atoms with Crippen molar-refractivity contribution in [2.24, 2.45) is 0 Å². The number of hydrogen-bond acceptors (Lipinski definition) is 0. The molecule has 0 rings (SSSR count). The van der Waals surface area contributed by atoms with Crippen LogP contribution in [0.5, 0.6) is 0 Å². The first-order valence-corrected chi connectivity index (χ1v) is 1.71. The van der Waals surface area contributed by atoms with Crippen LogP contribution in [-0.2, 0) is 0 Å². The van der Waals surface area contributed by atoms with Crippen LogP contribution >= 0.6 is 0 Å². The van der Waals surface area contributed by atoms with Crippen molar-refractivity contribution >= 4 is 0 Å². The van der Waals surface area contributed by atoms with E-state index in [1.807, 2.05) is 13.8 Å². The summed E-state index contributed by atoms with van der Waals surface area (Å²) in [5.41, 5.74) is 0. The van der Waals surface area contributed by atoms with Gasteiger partial charge in [0.25, 0.3) is 0 Å². The Bertz CT molecular complexity index is 0. The zero-order valence-corrected chi connectivity index (χ0v) is 3.71. The fourth-order valence-electron chi connectivity index (χ4n) is 0. The van der Waals surface area contributed by atoms with Gasteiger partial charge in [-0.2, -0.15) is 6.92 Å². The first-order chi connectivity index (χ1) is 2.00. The second-order valence-corrected chi connectivity index (χ2v) is 0. The summed E-state index contributed by atoms with van der Waals surface area (Å²) < 4.78 is 0. The van der Waals surface area contributed by atoms with E-state index in [-0.39, 0.29) is 0 Å². The summed E-state index contributed by atoms with van der Waals surface area (Å²) >= 11 is 0. The summed E-state index contributed by atoms with van der Waals surface area (Å²) in [5.74, 6) is 0. The molecule has 28 valence electrons. The summed E-state index contributed by atoms with van der Waals surface area (Å²) in [6.45, 7) is 9.00. The second kappa shape index (κ2) is 0. The lowest BCUT2D eigenvalue weighted by atomic mass is 11.0. The molecule has 0 N–H and O–H groups in total. The van der Waals surface area contributed by atoms with E-state index in [1.165, 1.54) is 0 Å². The van der Waals surface area contributed by atoms with Crippen molar-refractivity contribution in [2.75, 3.05) is 0 Å². The molecule has 0 saturated carbocycles. The third kappa shape index (κ3) is 0. The molecule has 0 nitrogen and oxygen atoms in total. The Morgan fingerprint density at radius 1 is 1.00 bits per heavy atom. The molecule has 0 aliphatic rings. The second-order valence-electron chi connectivity index (χ2n) is 0.